The maximum atomic E-state index is 12.2. The van der Waals surface area contributed by atoms with Gasteiger partial charge in [0.1, 0.15) is 6.54 Å². The largest absolute Gasteiger partial charge is 0.406 e. The van der Waals surface area contributed by atoms with Crippen molar-refractivity contribution in [1.82, 2.24) is 4.90 Å². The van der Waals surface area contributed by atoms with E-state index in [0.717, 1.165) is 4.90 Å². The fraction of sp³-hybridized carbons (Fsp3) is 0.900. The van der Waals surface area contributed by atoms with Gasteiger partial charge in [-0.15, -0.1) is 0 Å². The van der Waals surface area contributed by atoms with Gasteiger partial charge in [-0.3, -0.25) is 4.79 Å². The Hall–Kier alpha value is -0.780. The maximum Gasteiger partial charge on any atom is 0.406 e. The average molecular weight is 240 g/mol. The minimum Gasteiger partial charge on any atom is -0.334 e. The molecule has 0 aromatic carbocycles. The second kappa shape index (κ2) is 6.73. The van der Waals surface area contributed by atoms with Crippen LogP contribution in [0.5, 0.6) is 0 Å². The average Bonchev–Trinajstić information content (AvgIpc) is 2.14. The molecule has 0 saturated carbocycles. The zero-order valence-corrected chi connectivity index (χ0v) is 9.68. The Labute approximate surface area is 93.8 Å². The molecule has 16 heavy (non-hydrogen) atoms. The number of halogens is 3. The van der Waals surface area contributed by atoms with E-state index in [1.165, 1.54) is 0 Å². The van der Waals surface area contributed by atoms with Crippen molar-refractivity contribution in [2.75, 3.05) is 19.6 Å². The molecule has 0 spiro atoms. The molecule has 0 aromatic rings. The molecule has 1 unspecified atom stereocenters. The van der Waals surface area contributed by atoms with Gasteiger partial charge in [-0.05, 0) is 18.9 Å². The third kappa shape index (κ3) is 6.66. The number of carbonyl (C=O) groups is 1. The lowest BCUT2D eigenvalue weighted by atomic mass is 10.1. The van der Waals surface area contributed by atoms with Gasteiger partial charge < -0.3 is 10.6 Å². The molecule has 3 nitrogen and oxygen atoms in total. The van der Waals surface area contributed by atoms with E-state index in [1.54, 1.807) is 13.8 Å². The van der Waals surface area contributed by atoms with E-state index < -0.39 is 18.6 Å². The molecular formula is C10H19F3N2O. The highest BCUT2D eigenvalue weighted by Crippen LogP contribution is 2.18. The van der Waals surface area contributed by atoms with Crippen LogP contribution < -0.4 is 5.73 Å². The summed E-state index contributed by atoms with van der Waals surface area (Å²) in [6.45, 7) is 2.75. The van der Waals surface area contributed by atoms with Crippen molar-refractivity contribution in [2.24, 2.45) is 11.7 Å². The summed E-state index contributed by atoms with van der Waals surface area (Å²) in [5, 5.41) is 0. The van der Waals surface area contributed by atoms with Crippen LogP contribution in [0.1, 0.15) is 26.7 Å². The molecular weight excluding hydrogens is 221 g/mol. The number of carbonyl (C=O) groups excluding carboxylic acids is 1. The second-order valence-electron chi connectivity index (χ2n) is 3.98. The summed E-state index contributed by atoms with van der Waals surface area (Å²) in [6.07, 6.45) is -3.75. The first-order valence-electron chi connectivity index (χ1n) is 5.34. The lowest BCUT2D eigenvalue weighted by Crippen LogP contribution is -2.40. The van der Waals surface area contributed by atoms with Crippen molar-refractivity contribution in [3.05, 3.63) is 0 Å². The van der Waals surface area contributed by atoms with Gasteiger partial charge in [-0.25, -0.2) is 0 Å². The van der Waals surface area contributed by atoms with Crippen molar-refractivity contribution in [3.63, 3.8) is 0 Å². The van der Waals surface area contributed by atoms with E-state index in [9.17, 15) is 18.0 Å². The third-order valence-electron chi connectivity index (χ3n) is 2.14. The Morgan fingerprint density at radius 2 is 2.00 bits per heavy atom. The molecule has 0 aliphatic carbocycles. The van der Waals surface area contributed by atoms with Gasteiger partial charge >= 0.3 is 6.18 Å². The number of hydrogen-bond donors (Lipinski definition) is 1. The summed E-state index contributed by atoms with van der Waals surface area (Å²) >= 11 is 0. The van der Waals surface area contributed by atoms with Crippen molar-refractivity contribution in [3.8, 4) is 0 Å². The highest BCUT2D eigenvalue weighted by molar-refractivity contribution is 5.76. The van der Waals surface area contributed by atoms with Crippen LogP contribution in [0, 0.1) is 5.92 Å². The van der Waals surface area contributed by atoms with Crippen LogP contribution in [0.2, 0.25) is 0 Å². The van der Waals surface area contributed by atoms with Gasteiger partial charge in [0.05, 0.1) is 0 Å². The lowest BCUT2D eigenvalue weighted by Gasteiger charge is -2.24. The monoisotopic (exact) mass is 240 g/mol. The zero-order valence-electron chi connectivity index (χ0n) is 9.68. The van der Waals surface area contributed by atoms with Crippen LogP contribution in [0.25, 0.3) is 0 Å². The molecule has 1 amide bonds. The highest BCUT2D eigenvalue weighted by atomic mass is 19.4. The number of nitrogens with zero attached hydrogens (tertiary/aromatic N) is 1. The predicted octanol–water partition coefficient (Wildman–Crippen LogP) is 1.77. The van der Waals surface area contributed by atoms with Crippen LogP contribution >= 0.6 is 0 Å². The normalized spacial score (nSPS) is 13.6. The van der Waals surface area contributed by atoms with E-state index >= 15 is 0 Å². The number of hydrogen-bond acceptors (Lipinski definition) is 2. The van der Waals surface area contributed by atoms with Crippen molar-refractivity contribution >= 4 is 5.91 Å². The van der Waals surface area contributed by atoms with Gasteiger partial charge in [0.15, 0.2) is 0 Å². The van der Waals surface area contributed by atoms with Crippen LogP contribution in [0.15, 0.2) is 0 Å². The van der Waals surface area contributed by atoms with Gasteiger partial charge in [-0.1, -0.05) is 13.8 Å². The van der Waals surface area contributed by atoms with Gasteiger partial charge in [-0.2, -0.15) is 13.2 Å². The molecule has 0 aromatic heterocycles. The number of rotatable bonds is 6. The summed E-state index contributed by atoms with van der Waals surface area (Å²) in [5.41, 5.74) is 5.33. The summed E-state index contributed by atoms with van der Waals surface area (Å²) in [7, 11) is 0. The molecule has 1 atom stereocenters. The number of alkyl halides is 3. The first-order valence-corrected chi connectivity index (χ1v) is 5.34. The second-order valence-corrected chi connectivity index (χ2v) is 3.98. The standard InChI is InChI=1S/C10H19F3N2O/c1-3-4-15(7-10(11,12)13)9(16)5-8(2)6-14/h8H,3-7,14H2,1-2H3. The molecule has 0 fully saturated rings. The predicted molar refractivity (Wildman–Crippen MR) is 55.8 cm³/mol. The molecule has 0 bridgehead atoms. The molecule has 6 heteroatoms. The smallest absolute Gasteiger partial charge is 0.334 e. The number of nitrogens with two attached hydrogens (primary N) is 1. The number of amides is 1. The summed E-state index contributed by atoms with van der Waals surface area (Å²) in [6, 6.07) is 0. The summed E-state index contributed by atoms with van der Waals surface area (Å²) < 4.78 is 36.6. The summed E-state index contributed by atoms with van der Waals surface area (Å²) in [5.74, 6) is -0.558. The first-order chi connectivity index (χ1) is 7.30. The van der Waals surface area contributed by atoms with Crippen LogP contribution in [0.3, 0.4) is 0 Å². The van der Waals surface area contributed by atoms with Crippen LogP contribution in [-0.4, -0.2) is 36.6 Å². The Bertz CT molecular complexity index is 219. The molecule has 2 N–H and O–H groups in total. The topological polar surface area (TPSA) is 46.3 Å². The molecule has 0 heterocycles. The maximum absolute atomic E-state index is 12.2. The van der Waals surface area contributed by atoms with E-state index in [2.05, 4.69) is 0 Å². The highest BCUT2D eigenvalue weighted by Gasteiger charge is 2.32. The van der Waals surface area contributed by atoms with Gasteiger partial charge in [0.2, 0.25) is 5.91 Å². The Balaban J connectivity index is 4.35. The van der Waals surface area contributed by atoms with Gasteiger partial charge in [0, 0.05) is 13.0 Å². The van der Waals surface area contributed by atoms with Gasteiger partial charge in [0.25, 0.3) is 0 Å². The Morgan fingerprint density at radius 3 is 2.38 bits per heavy atom. The Kier molecular flexibility index (Phi) is 6.40. The molecule has 0 aliphatic rings. The van der Waals surface area contributed by atoms with Crippen LogP contribution in [0.4, 0.5) is 13.2 Å². The van der Waals surface area contributed by atoms with Crippen molar-refractivity contribution in [2.45, 2.75) is 32.9 Å². The summed E-state index contributed by atoms with van der Waals surface area (Å²) in [4.78, 5) is 12.4. The fourth-order valence-corrected chi connectivity index (χ4v) is 1.29. The fourth-order valence-electron chi connectivity index (χ4n) is 1.29. The molecule has 96 valence electrons. The minimum atomic E-state index is -4.34. The lowest BCUT2D eigenvalue weighted by molar-refractivity contribution is -0.161. The first kappa shape index (κ1) is 15.2. The van der Waals surface area contributed by atoms with E-state index in [-0.39, 0.29) is 18.9 Å². The SMILES string of the molecule is CCCN(CC(F)(F)F)C(=O)CC(C)CN. The Morgan fingerprint density at radius 1 is 1.44 bits per heavy atom. The molecule has 0 saturated heterocycles. The minimum absolute atomic E-state index is 0.0760. The van der Waals surface area contributed by atoms with E-state index in [4.69, 9.17) is 5.73 Å². The molecule has 0 radical (unpaired) electrons. The van der Waals surface area contributed by atoms with Crippen molar-refractivity contribution in [1.29, 1.82) is 0 Å². The quantitative estimate of drug-likeness (QED) is 0.769. The third-order valence-corrected chi connectivity index (χ3v) is 2.14. The molecule has 0 aliphatic heterocycles. The van der Waals surface area contributed by atoms with Crippen molar-refractivity contribution < 1.29 is 18.0 Å². The van der Waals surface area contributed by atoms with E-state index in [0.29, 0.717) is 13.0 Å². The van der Waals surface area contributed by atoms with E-state index in [1.807, 2.05) is 0 Å². The molecule has 0 rings (SSSR count). The zero-order chi connectivity index (χ0) is 12.8. The van der Waals surface area contributed by atoms with Crippen LogP contribution in [-0.2, 0) is 4.79 Å².